The number of carbonyl (C=O) groups is 1. The third-order valence-corrected chi connectivity index (χ3v) is 5.40. The minimum Gasteiger partial charge on any atom is -0.388 e. The lowest BCUT2D eigenvalue weighted by atomic mass is 9.75. The van der Waals surface area contributed by atoms with Crippen molar-refractivity contribution in [3.63, 3.8) is 0 Å². The Kier molecular flexibility index (Phi) is 4.69. The van der Waals surface area contributed by atoms with Crippen LogP contribution in [0.15, 0.2) is 24.3 Å². The van der Waals surface area contributed by atoms with E-state index in [4.69, 9.17) is 5.73 Å². The first-order valence-corrected chi connectivity index (χ1v) is 8.47. The smallest absolute Gasteiger partial charge is 0.224 e. The van der Waals surface area contributed by atoms with E-state index in [1.54, 1.807) is 12.1 Å². The molecule has 1 aromatic rings. The molecule has 4 nitrogen and oxygen atoms in total. The third-order valence-electron chi connectivity index (χ3n) is 5.40. The molecule has 1 amide bonds. The number of amides is 1. The largest absolute Gasteiger partial charge is 0.388 e. The second-order valence-corrected chi connectivity index (χ2v) is 7.11. The number of likely N-dealkylation sites (tertiary alicyclic amines) is 1. The Hall–Kier alpha value is -1.46. The molecule has 3 N–H and O–H groups in total. The number of nitrogens with two attached hydrogens (primary N) is 1. The number of hydrogen-bond acceptors (Lipinski definition) is 3. The Labute approximate surface area is 136 Å². The number of halogens is 1. The Bertz CT molecular complexity index is 549. The standard InChI is InChI=1S/C18H25FN2O2/c19-15-4-2-13(3-5-15)17(23)14-6-10-21(11-7-14)16(22)12-18(20)8-1-9-18/h2-5,14,17,23H,1,6-12,20H2. The normalized spacial score (nSPS) is 22.5. The van der Waals surface area contributed by atoms with Gasteiger partial charge in [-0.25, -0.2) is 4.39 Å². The molecule has 0 aromatic heterocycles. The van der Waals surface area contributed by atoms with Crippen molar-refractivity contribution in [2.45, 2.75) is 50.2 Å². The molecular formula is C18H25FN2O2. The maximum absolute atomic E-state index is 13.0. The number of carbonyl (C=O) groups excluding carboxylic acids is 1. The van der Waals surface area contributed by atoms with E-state index in [0.29, 0.717) is 19.5 Å². The molecule has 1 atom stereocenters. The van der Waals surface area contributed by atoms with E-state index < -0.39 is 6.10 Å². The van der Waals surface area contributed by atoms with Crippen molar-refractivity contribution in [3.05, 3.63) is 35.6 Å². The zero-order valence-corrected chi connectivity index (χ0v) is 13.4. The summed E-state index contributed by atoms with van der Waals surface area (Å²) in [6.07, 6.45) is 4.38. The van der Waals surface area contributed by atoms with E-state index in [0.717, 1.165) is 37.7 Å². The SMILES string of the molecule is NC1(CC(=O)N2CCC(C(O)c3ccc(F)cc3)CC2)CCC1. The van der Waals surface area contributed by atoms with Gasteiger partial charge < -0.3 is 15.7 Å². The summed E-state index contributed by atoms with van der Waals surface area (Å²) in [6.45, 7) is 1.33. The van der Waals surface area contributed by atoms with Gasteiger partial charge in [0.2, 0.25) is 5.91 Å². The number of aliphatic hydroxyl groups is 1. The fourth-order valence-electron chi connectivity index (χ4n) is 3.62. The second kappa shape index (κ2) is 6.57. The van der Waals surface area contributed by atoms with Crippen molar-refractivity contribution in [2.75, 3.05) is 13.1 Å². The van der Waals surface area contributed by atoms with Crippen LogP contribution < -0.4 is 5.73 Å². The molecule has 0 spiro atoms. The quantitative estimate of drug-likeness (QED) is 0.895. The molecule has 2 aliphatic rings. The van der Waals surface area contributed by atoms with Crippen LogP contribution >= 0.6 is 0 Å². The van der Waals surface area contributed by atoms with Gasteiger partial charge in [-0.15, -0.1) is 0 Å². The number of aliphatic hydroxyl groups excluding tert-OH is 1. The average molecular weight is 320 g/mol. The van der Waals surface area contributed by atoms with Crippen LogP contribution in [-0.2, 0) is 4.79 Å². The van der Waals surface area contributed by atoms with Gasteiger partial charge in [0.25, 0.3) is 0 Å². The van der Waals surface area contributed by atoms with Crippen molar-refractivity contribution < 1.29 is 14.3 Å². The first-order chi connectivity index (χ1) is 11.0. The Morgan fingerprint density at radius 1 is 1.30 bits per heavy atom. The number of hydrogen-bond donors (Lipinski definition) is 2. The number of rotatable bonds is 4. The molecule has 2 fully saturated rings. The van der Waals surface area contributed by atoms with Crippen molar-refractivity contribution >= 4 is 5.91 Å². The maximum Gasteiger partial charge on any atom is 0.224 e. The van der Waals surface area contributed by atoms with Crippen molar-refractivity contribution in [1.82, 2.24) is 4.90 Å². The van der Waals surface area contributed by atoms with Crippen LogP contribution in [0, 0.1) is 11.7 Å². The van der Waals surface area contributed by atoms with Crippen LogP contribution in [0.5, 0.6) is 0 Å². The van der Waals surface area contributed by atoms with Gasteiger partial charge in [-0.2, -0.15) is 0 Å². The fourth-order valence-corrected chi connectivity index (χ4v) is 3.62. The first-order valence-electron chi connectivity index (χ1n) is 8.47. The van der Waals surface area contributed by atoms with Crippen molar-refractivity contribution in [3.8, 4) is 0 Å². The maximum atomic E-state index is 13.0. The van der Waals surface area contributed by atoms with E-state index in [-0.39, 0.29) is 23.2 Å². The third kappa shape index (κ3) is 3.72. The summed E-state index contributed by atoms with van der Waals surface area (Å²) in [7, 11) is 0. The van der Waals surface area contributed by atoms with E-state index in [1.165, 1.54) is 12.1 Å². The highest BCUT2D eigenvalue weighted by Crippen LogP contribution is 2.34. The second-order valence-electron chi connectivity index (χ2n) is 7.11. The molecule has 126 valence electrons. The summed E-state index contributed by atoms with van der Waals surface area (Å²) in [4.78, 5) is 14.2. The monoisotopic (exact) mass is 320 g/mol. The lowest BCUT2D eigenvalue weighted by Crippen LogP contribution is -2.51. The highest BCUT2D eigenvalue weighted by molar-refractivity contribution is 5.77. The van der Waals surface area contributed by atoms with Gasteiger partial charge in [0.1, 0.15) is 5.82 Å². The molecule has 1 aliphatic heterocycles. The predicted octanol–water partition coefficient (Wildman–Crippen LogP) is 2.37. The molecule has 5 heteroatoms. The summed E-state index contributed by atoms with van der Waals surface area (Å²) in [5.41, 5.74) is 6.62. The molecule has 1 saturated carbocycles. The molecular weight excluding hydrogens is 295 g/mol. The molecule has 1 heterocycles. The summed E-state index contributed by atoms with van der Waals surface area (Å²) < 4.78 is 13.0. The molecule has 1 aromatic carbocycles. The highest BCUT2D eigenvalue weighted by Gasteiger charge is 2.37. The Morgan fingerprint density at radius 2 is 1.91 bits per heavy atom. The summed E-state index contributed by atoms with van der Waals surface area (Å²) >= 11 is 0. The number of benzene rings is 1. The molecule has 23 heavy (non-hydrogen) atoms. The fraction of sp³-hybridized carbons (Fsp3) is 0.611. The molecule has 3 rings (SSSR count). The van der Waals surface area contributed by atoms with Crippen molar-refractivity contribution in [1.29, 1.82) is 0 Å². The van der Waals surface area contributed by atoms with Crippen molar-refractivity contribution in [2.24, 2.45) is 11.7 Å². The van der Waals surface area contributed by atoms with Gasteiger partial charge in [-0.1, -0.05) is 12.1 Å². The van der Waals surface area contributed by atoms with Gasteiger partial charge in [0.05, 0.1) is 6.10 Å². The molecule has 0 radical (unpaired) electrons. The molecule has 1 unspecified atom stereocenters. The van der Waals surface area contributed by atoms with Crippen LogP contribution in [-0.4, -0.2) is 34.5 Å². The van der Waals surface area contributed by atoms with E-state index in [1.807, 2.05) is 4.90 Å². The van der Waals surface area contributed by atoms with E-state index in [2.05, 4.69) is 0 Å². The lowest BCUT2D eigenvalue weighted by molar-refractivity contribution is -0.135. The van der Waals surface area contributed by atoms with Crippen LogP contribution in [0.25, 0.3) is 0 Å². The van der Waals surface area contributed by atoms with Gasteiger partial charge in [0.15, 0.2) is 0 Å². The minimum atomic E-state index is -0.597. The van der Waals surface area contributed by atoms with Crippen LogP contribution in [0.4, 0.5) is 4.39 Å². The minimum absolute atomic E-state index is 0.111. The van der Waals surface area contributed by atoms with Crippen LogP contribution in [0.1, 0.15) is 50.2 Å². The summed E-state index contributed by atoms with van der Waals surface area (Å²) in [5, 5.41) is 10.4. The predicted molar refractivity (Wildman–Crippen MR) is 86.1 cm³/mol. The van der Waals surface area contributed by atoms with E-state index in [9.17, 15) is 14.3 Å². The Balaban J connectivity index is 1.51. The van der Waals surface area contributed by atoms with Gasteiger partial charge in [-0.3, -0.25) is 4.79 Å². The van der Waals surface area contributed by atoms with Gasteiger partial charge >= 0.3 is 0 Å². The first kappa shape index (κ1) is 16.4. The summed E-state index contributed by atoms with van der Waals surface area (Å²) in [5.74, 6) is -0.0463. The average Bonchev–Trinajstić information content (AvgIpc) is 2.53. The number of piperidine rings is 1. The summed E-state index contributed by atoms with van der Waals surface area (Å²) in [6, 6.07) is 6.01. The molecule has 1 aliphatic carbocycles. The zero-order chi connectivity index (χ0) is 16.4. The van der Waals surface area contributed by atoms with Gasteiger partial charge in [0, 0.05) is 25.0 Å². The van der Waals surface area contributed by atoms with Crippen LogP contribution in [0.3, 0.4) is 0 Å². The topological polar surface area (TPSA) is 66.6 Å². The number of nitrogens with zero attached hydrogens (tertiary/aromatic N) is 1. The van der Waals surface area contributed by atoms with Crippen LogP contribution in [0.2, 0.25) is 0 Å². The zero-order valence-electron chi connectivity index (χ0n) is 13.4. The lowest BCUT2D eigenvalue weighted by Gasteiger charge is -2.40. The Morgan fingerprint density at radius 3 is 2.43 bits per heavy atom. The molecule has 1 saturated heterocycles. The highest BCUT2D eigenvalue weighted by atomic mass is 19.1. The van der Waals surface area contributed by atoms with E-state index >= 15 is 0 Å². The van der Waals surface area contributed by atoms with Gasteiger partial charge in [-0.05, 0) is 55.7 Å². The molecule has 0 bridgehead atoms.